The molecule has 1 aliphatic heterocycles. The van der Waals surface area contributed by atoms with Gasteiger partial charge < -0.3 is 14.8 Å². The predicted molar refractivity (Wildman–Crippen MR) is 143 cm³/mol. The normalized spacial score (nSPS) is 22.6. The van der Waals surface area contributed by atoms with Crippen molar-refractivity contribution in [3.63, 3.8) is 0 Å². The molecule has 1 saturated heterocycles. The van der Waals surface area contributed by atoms with Crippen molar-refractivity contribution in [2.24, 2.45) is 0 Å². The van der Waals surface area contributed by atoms with E-state index < -0.39 is 116 Å². The Morgan fingerprint density at radius 3 is 1.83 bits per heavy atom. The first-order valence-corrected chi connectivity index (χ1v) is 17.4. The summed E-state index contributed by atoms with van der Waals surface area (Å²) in [5.74, 6) is -2.55. The second-order valence-corrected chi connectivity index (χ2v) is 13.0. The monoisotopic (exact) mass is 746 g/mol. The standard InChI is InChI=1S/C19H26N2O21S4/c1-11(22)21(18(24)12-5-3-2-4-6-12)9-14(23)20-7-8-37-19-17(42-46(34,35)36)16(41-45(31,32)33)15(40-44(28,29)30)13(39-19)10-38-43(25,26)27/h2-6,13,15-17,19H,7-10H2,1H3,(H,20,23)(H,25,26,27)(H,28,29,30)(H,31,32,33)(H,34,35,36)/t13-,15-,16+,17+,19-/m1/s1. The van der Waals surface area contributed by atoms with E-state index in [0.717, 1.165) is 6.92 Å². The summed E-state index contributed by atoms with van der Waals surface area (Å²) in [6.45, 7) is -2.56. The Morgan fingerprint density at radius 2 is 1.33 bits per heavy atom. The minimum absolute atomic E-state index is 0.0821. The number of nitrogens with zero attached hydrogens (tertiary/aromatic N) is 1. The van der Waals surface area contributed by atoms with Gasteiger partial charge in [-0.15, -0.1) is 0 Å². The van der Waals surface area contributed by atoms with E-state index in [2.05, 4.69) is 22.0 Å². The fraction of sp³-hybridized carbons (Fsp3) is 0.526. The third kappa shape index (κ3) is 13.9. The van der Waals surface area contributed by atoms with Crippen LogP contribution in [-0.4, -0.2) is 132 Å². The van der Waals surface area contributed by atoms with Gasteiger partial charge in [-0.2, -0.15) is 33.7 Å². The van der Waals surface area contributed by atoms with Crippen LogP contribution in [0.4, 0.5) is 0 Å². The summed E-state index contributed by atoms with van der Waals surface area (Å²) in [5, 5.41) is 2.21. The average Bonchev–Trinajstić information content (AvgIpc) is 2.89. The van der Waals surface area contributed by atoms with Gasteiger partial charge in [0.05, 0.1) is 13.2 Å². The van der Waals surface area contributed by atoms with E-state index in [9.17, 15) is 57.2 Å². The topological polar surface area (TPSA) is 339 Å². The molecule has 0 bridgehead atoms. The van der Waals surface area contributed by atoms with Gasteiger partial charge in [-0.1, -0.05) is 18.2 Å². The van der Waals surface area contributed by atoms with Crippen molar-refractivity contribution in [2.75, 3.05) is 26.3 Å². The Balaban J connectivity index is 2.28. The molecule has 23 nitrogen and oxygen atoms in total. The number of hydrogen-bond donors (Lipinski definition) is 5. The lowest BCUT2D eigenvalue weighted by Gasteiger charge is -2.43. The van der Waals surface area contributed by atoms with Crippen LogP contribution in [0.25, 0.3) is 0 Å². The predicted octanol–water partition coefficient (Wildman–Crippen LogP) is -3.08. The summed E-state index contributed by atoms with van der Waals surface area (Å²) in [5.41, 5.74) is 0.0821. The summed E-state index contributed by atoms with van der Waals surface area (Å²) in [6.07, 6.45) is -12.8. The average molecular weight is 747 g/mol. The van der Waals surface area contributed by atoms with Crippen LogP contribution in [0, 0.1) is 0 Å². The lowest BCUT2D eigenvalue weighted by Crippen LogP contribution is -2.63. The first-order valence-electron chi connectivity index (χ1n) is 12.0. The van der Waals surface area contributed by atoms with Crippen molar-refractivity contribution >= 4 is 59.3 Å². The second-order valence-electron chi connectivity index (χ2n) is 8.72. The number of carbonyl (C=O) groups excluding carboxylic acids is 3. The second kappa shape index (κ2) is 15.9. The first kappa shape index (κ1) is 39.4. The van der Waals surface area contributed by atoms with Crippen LogP contribution in [0.15, 0.2) is 30.3 Å². The number of nitrogens with one attached hydrogen (secondary N) is 1. The van der Waals surface area contributed by atoms with E-state index in [1.807, 2.05) is 0 Å². The van der Waals surface area contributed by atoms with Gasteiger partial charge in [-0.25, -0.2) is 16.7 Å². The van der Waals surface area contributed by atoms with Gasteiger partial charge in [0.2, 0.25) is 11.8 Å². The molecule has 2 rings (SSSR count). The minimum atomic E-state index is -5.72. The zero-order chi connectivity index (χ0) is 35.1. The van der Waals surface area contributed by atoms with Crippen LogP contribution in [0.1, 0.15) is 17.3 Å². The fourth-order valence-corrected chi connectivity index (χ4v) is 5.48. The molecule has 1 aromatic rings. The number of rotatable bonds is 16. The molecule has 0 aromatic heterocycles. The summed E-state index contributed by atoms with van der Waals surface area (Å²) >= 11 is 0. The molecule has 27 heteroatoms. The van der Waals surface area contributed by atoms with Crippen molar-refractivity contribution < 1.29 is 92.5 Å². The van der Waals surface area contributed by atoms with E-state index in [4.69, 9.17) is 18.6 Å². The highest BCUT2D eigenvalue weighted by molar-refractivity contribution is 7.81. The van der Waals surface area contributed by atoms with E-state index in [0.29, 0.717) is 4.90 Å². The van der Waals surface area contributed by atoms with Crippen LogP contribution >= 0.6 is 0 Å². The Labute approximate surface area is 261 Å². The number of benzene rings is 1. The molecule has 1 fully saturated rings. The smallest absolute Gasteiger partial charge is 0.352 e. The van der Waals surface area contributed by atoms with Crippen LogP contribution in [0.5, 0.6) is 0 Å². The van der Waals surface area contributed by atoms with Gasteiger partial charge in [0, 0.05) is 19.0 Å². The molecular formula is C19H26N2O21S4. The third-order valence-corrected chi connectivity index (χ3v) is 7.15. The number of ether oxygens (including phenoxy) is 2. The zero-order valence-electron chi connectivity index (χ0n) is 22.9. The molecule has 0 aliphatic carbocycles. The molecule has 0 saturated carbocycles. The minimum Gasteiger partial charge on any atom is -0.352 e. The maximum atomic E-state index is 12.6. The Morgan fingerprint density at radius 1 is 0.804 bits per heavy atom. The molecule has 46 heavy (non-hydrogen) atoms. The van der Waals surface area contributed by atoms with Crippen LogP contribution in [0.2, 0.25) is 0 Å². The summed E-state index contributed by atoms with van der Waals surface area (Å²) in [7, 11) is -22.4. The number of imide groups is 1. The molecule has 0 unspecified atom stereocenters. The van der Waals surface area contributed by atoms with Crippen molar-refractivity contribution in [1.82, 2.24) is 10.2 Å². The van der Waals surface area contributed by atoms with E-state index in [-0.39, 0.29) is 5.56 Å². The van der Waals surface area contributed by atoms with E-state index in [1.54, 1.807) is 6.07 Å². The first-order chi connectivity index (χ1) is 21.0. The number of carbonyl (C=O) groups is 3. The molecule has 1 aliphatic rings. The molecule has 3 amide bonds. The lowest BCUT2D eigenvalue weighted by atomic mass is 9.99. The van der Waals surface area contributed by atoms with Gasteiger partial charge in [0.15, 0.2) is 12.4 Å². The molecule has 0 radical (unpaired) electrons. The van der Waals surface area contributed by atoms with Gasteiger partial charge in [-0.3, -0.25) is 37.5 Å². The van der Waals surface area contributed by atoms with Crippen LogP contribution in [0.3, 0.4) is 0 Å². The summed E-state index contributed by atoms with van der Waals surface area (Å²) in [6, 6.07) is 7.40. The van der Waals surface area contributed by atoms with E-state index in [1.165, 1.54) is 24.3 Å². The molecule has 5 atom stereocenters. The lowest BCUT2D eigenvalue weighted by molar-refractivity contribution is -0.285. The highest BCUT2D eigenvalue weighted by atomic mass is 32.3. The van der Waals surface area contributed by atoms with Crippen LogP contribution < -0.4 is 5.32 Å². The number of hydrogen-bond acceptors (Lipinski definition) is 17. The zero-order valence-corrected chi connectivity index (χ0v) is 26.2. The van der Waals surface area contributed by atoms with Crippen molar-refractivity contribution in [1.29, 1.82) is 0 Å². The molecule has 1 aromatic carbocycles. The highest BCUT2D eigenvalue weighted by Crippen LogP contribution is 2.32. The fourth-order valence-electron chi connectivity index (χ4n) is 3.68. The number of amides is 3. The summed E-state index contributed by atoms with van der Waals surface area (Å²) < 4.78 is 154. The molecular weight excluding hydrogens is 720 g/mol. The van der Waals surface area contributed by atoms with E-state index >= 15 is 0 Å². The molecule has 0 spiro atoms. The Kier molecular flexibility index (Phi) is 13.6. The summed E-state index contributed by atoms with van der Waals surface area (Å²) in [4.78, 5) is 37.6. The quantitative estimate of drug-likeness (QED) is 0.0826. The maximum absolute atomic E-state index is 12.6. The molecule has 5 N–H and O–H groups in total. The molecule has 262 valence electrons. The largest absolute Gasteiger partial charge is 0.397 e. The van der Waals surface area contributed by atoms with Crippen molar-refractivity contribution in [2.45, 2.75) is 37.6 Å². The van der Waals surface area contributed by atoms with Crippen molar-refractivity contribution in [3.05, 3.63) is 35.9 Å². The highest BCUT2D eigenvalue weighted by Gasteiger charge is 2.54. The van der Waals surface area contributed by atoms with Gasteiger partial charge >= 0.3 is 41.6 Å². The molecule has 1 heterocycles. The Hall–Kier alpha value is -2.77. The van der Waals surface area contributed by atoms with Gasteiger partial charge in [-0.05, 0) is 12.1 Å². The maximum Gasteiger partial charge on any atom is 0.397 e. The Bertz CT molecular complexity index is 1680. The van der Waals surface area contributed by atoms with Gasteiger partial charge in [0.25, 0.3) is 5.91 Å². The SMILES string of the molecule is CC(=O)N(CC(=O)NCCO[C@@H]1O[C@H](COS(=O)(=O)O)[C@@H](OS(=O)(=O)O)[C@H](OS(=O)(=O)O)[C@@H]1OS(=O)(=O)O)C(=O)c1ccccc1. The third-order valence-electron chi connectivity index (χ3n) is 5.32. The van der Waals surface area contributed by atoms with Crippen molar-refractivity contribution in [3.8, 4) is 0 Å². The van der Waals surface area contributed by atoms with Crippen LogP contribution in [-0.2, 0) is 77.4 Å². The van der Waals surface area contributed by atoms with Gasteiger partial charge in [0.1, 0.15) is 24.9 Å².